The number of hydrogen-bond donors (Lipinski definition) is 1. The second kappa shape index (κ2) is 6.68. The van der Waals surface area contributed by atoms with E-state index in [-0.39, 0.29) is 17.8 Å². The lowest BCUT2D eigenvalue weighted by molar-refractivity contribution is -0.0887. The van der Waals surface area contributed by atoms with Gasteiger partial charge in [0, 0.05) is 10.4 Å². The number of aliphatic hydroxyl groups is 1. The molecule has 1 aromatic rings. The number of halogens is 2. The minimum absolute atomic E-state index is 0. The summed E-state index contributed by atoms with van der Waals surface area (Å²) in [6.45, 7) is 1.01. The van der Waals surface area contributed by atoms with E-state index in [1.54, 1.807) is 0 Å². The molecule has 0 spiro atoms. The van der Waals surface area contributed by atoms with E-state index in [4.69, 9.17) is 11.6 Å². The van der Waals surface area contributed by atoms with Crippen LogP contribution in [0.2, 0.25) is 5.02 Å². The molecule has 1 fully saturated rings. The van der Waals surface area contributed by atoms with Crippen LogP contribution in [-0.4, -0.2) is 36.2 Å². The Labute approximate surface area is 145 Å². The SMILES string of the molecule is CN(C)CCC12CCCCC1(O)CCc1ccc(Cl)cc12.Cl. The Morgan fingerprint density at radius 3 is 2.64 bits per heavy atom. The molecule has 0 heterocycles. The predicted molar refractivity (Wildman–Crippen MR) is 95.3 cm³/mol. The van der Waals surface area contributed by atoms with E-state index < -0.39 is 5.60 Å². The van der Waals surface area contributed by atoms with Gasteiger partial charge in [-0.15, -0.1) is 12.4 Å². The molecule has 22 heavy (non-hydrogen) atoms. The van der Waals surface area contributed by atoms with Crippen LogP contribution in [0.4, 0.5) is 0 Å². The van der Waals surface area contributed by atoms with E-state index in [2.05, 4.69) is 31.1 Å². The zero-order valence-electron chi connectivity index (χ0n) is 13.6. The molecule has 4 heteroatoms. The van der Waals surface area contributed by atoms with Gasteiger partial charge >= 0.3 is 0 Å². The predicted octanol–water partition coefficient (Wildman–Crippen LogP) is 4.20. The van der Waals surface area contributed by atoms with Crippen molar-refractivity contribution in [1.29, 1.82) is 0 Å². The van der Waals surface area contributed by atoms with E-state index in [0.717, 1.165) is 50.1 Å². The van der Waals surface area contributed by atoms with Crippen LogP contribution < -0.4 is 0 Å². The van der Waals surface area contributed by atoms with Crippen molar-refractivity contribution in [3.05, 3.63) is 34.3 Å². The fourth-order valence-corrected chi connectivity index (χ4v) is 4.70. The van der Waals surface area contributed by atoms with Crippen LogP contribution in [0.1, 0.15) is 49.7 Å². The van der Waals surface area contributed by atoms with E-state index in [1.807, 2.05) is 6.07 Å². The van der Waals surface area contributed by atoms with Gasteiger partial charge in [-0.2, -0.15) is 0 Å². The molecular weight excluding hydrogens is 317 g/mol. The van der Waals surface area contributed by atoms with Gasteiger partial charge in [-0.3, -0.25) is 0 Å². The molecule has 2 atom stereocenters. The summed E-state index contributed by atoms with van der Waals surface area (Å²) in [6.07, 6.45) is 7.28. The van der Waals surface area contributed by atoms with E-state index in [1.165, 1.54) is 17.5 Å². The average Bonchev–Trinajstić information content (AvgIpc) is 2.45. The normalized spacial score (nSPS) is 30.4. The molecule has 1 N–H and O–H groups in total. The van der Waals surface area contributed by atoms with Crippen molar-refractivity contribution in [1.82, 2.24) is 4.90 Å². The van der Waals surface area contributed by atoms with Gasteiger partial charge in [0.15, 0.2) is 0 Å². The molecule has 2 unspecified atom stereocenters. The molecular formula is C18H27Cl2NO. The Bertz CT molecular complexity index is 534. The molecule has 0 amide bonds. The highest BCUT2D eigenvalue weighted by Gasteiger charge is 2.54. The van der Waals surface area contributed by atoms with Crippen molar-refractivity contribution >= 4 is 24.0 Å². The van der Waals surface area contributed by atoms with Crippen LogP contribution in [0.3, 0.4) is 0 Å². The molecule has 124 valence electrons. The highest BCUT2D eigenvalue weighted by molar-refractivity contribution is 6.30. The van der Waals surface area contributed by atoms with Gasteiger partial charge in [0.05, 0.1) is 5.60 Å². The molecule has 2 aliphatic rings. The average molecular weight is 344 g/mol. The van der Waals surface area contributed by atoms with Crippen molar-refractivity contribution in [2.24, 2.45) is 0 Å². The highest BCUT2D eigenvalue weighted by atomic mass is 35.5. The van der Waals surface area contributed by atoms with Crippen LogP contribution >= 0.6 is 24.0 Å². The van der Waals surface area contributed by atoms with Gasteiger partial charge in [0.25, 0.3) is 0 Å². The number of aryl methyl sites for hydroxylation is 1. The maximum Gasteiger partial charge on any atom is 0.0747 e. The number of benzene rings is 1. The molecule has 1 saturated carbocycles. The van der Waals surface area contributed by atoms with Crippen LogP contribution in [0.5, 0.6) is 0 Å². The number of rotatable bonds is 3. The summed E-state index contributed by atoms with van der Waals surface area (Å²) in [5.41, 5.74) is 2.07. The second-order valence-corrected chi connectivity index (χ2v) is 7.61. The summed E-state index contributed by atoms with van der Waals surface area (Å²) in [4.78, 5) is 2.22. The summed E-state index contributed by atoms with van der Waals surface area (Å²) in [5, 5.41) is 12.2. The van der Waals surface area contributed by atoms with Gasteiger partial charge in [0.1, 0.15) is 0 Å². The third kappa shape index (κ3) is 2.91. The summed E-state index contributed by atoms with van der Waals surface area (Å²) in [5.74, 6) is 0. The zero-order valence-corrected chi connectivity index (χ0v) is 15.1. The van der Waals surface area contributed by atoms with Gasteiger partial charge < -0.3 is 10.0 Å². The molecule has 0 saturated heterocycles. The molecule has 0 bridgehead atoms. The van der Waals surface area contributed by atoms with Crippen molar-refractivity contribution in [3.63, 3.8) is 0 Å². The van der Waals surface area contributed by atoms with Crippen LogP contribution in [0.15, 0.2) is 18.2 Å². The molecule has 1 aromatic carbocycles. The van der Waals surface area contributed by atoms with Gasteiger partial charge in [0.2, 0.25) is 0 Å². The Morgan fingerprint density at radius 2 is 1.91 bits per heavy atom. The largest absolute Gasteiger partial charge is 0.389 e. The van der Waals surface area contributed by atoms with Gasteiger partial charge in [-0.25, -0.2) is 0 Å². The molecule has 2 nitrogen and oxygen atoms in total. The van der Waals surface area contributed by atoms with E-state index in [9.17, 15) is 5.11 Å². The Morgan fingerprint density at radius 1 is 1.18 bits per heavy atom. The Kier molecular flexibility index (Phi) is 5.49. The Hall–Kier alpha value is -0.280. The topological polar surface area (TPSA) is 23.5 Å². The number of hydrogen-bond acceptors (Lipinski definition) is 2. The van der Waals surface area contributed by atoms with Gasteiger partial charge in [-0.05, 0) is 76.0 Å². The maximum absolute atomic E-state index is 11.4. The maximum atomic E-state index is 11.4. The zero-order chi connectivity index (χ0) is 15.1. The fraction of sp³-hybridized carbons (Fsp3) is 0.667. The fourth-order valence-electron chi connectivity index (χ4n) is 4.53. The quantitative estimate of drug-likeness (QED) is 0.888. The van der Waals surface area contributed by atoms with Crippen molar-refractivity contribution < 1.29 is 5.11 Å². The molecule has 0 aromatic heterocycles. The lowest BCUT2D eigenvalue weighted by Gasteiger charge is -2.55. The third-order valence-corrected chi connectivity index (χ3v) is 5.95. The smallest absolute Gasteiger partial charge is 0.0747 e. The van der Waals surface area contributed by atoms with Crippen LogP contribution in [0.25, 0.3) is 0 Å². The second-order valence-electron chi connectivity index (χ2n) is 7.18. The minimum atomic E-state index is -0.543. The monoisotopic (exact) mass is 343 g/mol. The Balaban J connectivity index is 0.00000176. The third-order valence-electron chi connectivity index (χ3n) is 5.72. The first-order valence-corrected chi connectivity index (χ1v) is 8.51. The summed E-state index contributed by atoms with van der Waals surface area (Å²) >= 11 is 6.29. The van der Waals surface area contributed by atoms with Gasteiger partial charge in [-0.1, -0.05) is 30.5 Å². The molecule has 0 aliphatic heterocycles. The number of fused-ring (bicyclic) bond motifs is 3. The van der Waals surface area contributed by atoms with E-state index >= 15 is 0 Å². The van der Waals surface area contributed by atoms with Crippen LogP contribution in [0, 0.1) is 0 Å². The summed E-state index contributed by atoms with van der Waals surface area (Å²) in [7, 11) is 4.22. The molecule has 2 aliphatic carbocycles. The lowest BCUT2D eigenvalue weighted by atomic mass is 9.53. The lowest BCUT2D eigenvalue weighted by Crippen LogP contribution is -2.57. The van der Waals surface area contributed by atoms with Crippen molar-refractivity contribution in [2.45, 2.75) is 56.0 Å². The van der Waals surface area contributed by atoms with Crippen molar-refractivity contribution in [3.8, 4) is 0 Å². The molecule has 3 rings (SSSR count). The standard InChI is InChI=1S/C18H26ClNO.ClH/c1-20(2)12-11-17-8-3-4-9-18(17,21)10-7-14-5-6-15(19)13-16(14)17;/h5-6,13,21H,3-4,7-12H2,1-2H3;1H. The first-order chi connectivity index (χ1) is 9.97. The summed E-state index contributed by atoms with van der Waals surface area (Å²) in [6, 6.07) is 6.29. The molecule has 0 radical (unpaired) electrons. The van der Waals surface area contributed by atoms with Crippen molar-refractivity contribution in [2.75, 3.05) is 20.6 Å². The highest BCUT2D eigenvalue weighted by Crippen LogP contribution is 2.55. The van der Waals surface area contributed by atoms with E-state index in [0.29, 0.717) is 0 Å². The number of nitrogens with zero attached hydrogens (tertiary/aromatic N) is 1. The summed E-state index contributed by atoms with van der Waals surface area (Å²) < 4.78 is 0. The van der Waals surface area contributed by atoms with Crippen LogP contribution in [-0.2, 0) is 11.8 Å². The first kappa shape index (κ1) is 18.1. The first-order valence-electron chi connectivity index (χ1n) is 8.13. The minimum Gasteiger partial charge on any atom is -0.389 e.